The molecule has 1 fully saturated rings. The van der Waals surface area contributed by atoms with Crippen LogP contribution in [0.15, 0.2) is 36.7 Å². The fourth-order valence-corrected chi connectivity index (χ4v) is 6.35. The fraction of sp³-hybridized carbons (Fsp3) is 0.440. The van der Waals surface area contributed by atoms with E-state index < -0.39 is 0 Å². The summed E-state index contributed by atoms with van der Waals surface area (Å²) in [5.41, 5.74) is 5.09. The lowest BCUT2D eigenvalue weighted by atomic mass is 9.88. The number of aromatic amines is 1. The minimum atomic E-state index is 0.144. The van der Waals surface area contributed by atoms with Crippen LogP contribution in [0.5, 0.6) is 0 Å². The van der Waals surface area contributed by atoms with Gasteiger partial charge in [-0.3, -0.25) is 0 Å². The maximum absolute atomic E-state index is 5.92. The monoisotopic (exact) mass is 447 g/mol. The lowest BCUT2D eigenvalue weighted by Gasteiger charge is -2.35. The summed E-state index contributed by atoms with van der Waals surface area (Å²) in [5, 5.41) is 2.40. The van der Waals surface area contributed by atoms with Gasteiger partial charge in [-0.15, -0.1) is 0 Å². The average Bonchev–Trinajstić information content (AvgIpc) is 3.45. The Balaban J connectivity index is 1.37. The van der Waals surface area contributed by atoms with E-state index in [4.69, 9.17) is 14.7 Å². The van der Waals surface area contributed by atoms with Crippen LogP contribution in [0.25, 0.3) is 21.6 Å². The predicted molar refractivity (Wildman–Crippen MR) is 130 cm³/mol. The van der Waals surface area contributed by atoms with Gasteiger partial charge in [-0.05, 0) is 36.8 Å². The van der Waals surface area contributed by atoms with Crippen molar-refractivity contribution in [3.05, 3.63) is 53.6 Å². The number of thiazole rings is 1. The quantitative estimate of drug-likeness (QED) is 0.489. The molecule has 0 amide bonds. The summed E-state index contributed by atoms with van der Waals surface area (Å²) in [4.78, 5) is 17.1. The van der Waals surface area contributed by atoms with Gasteiger partial charge in [-0.1, -0.05) is 43.4 Å². The summed E-state index contributed by atoms with van der Waals surface area (Å²) in [6.45, 7) is 10.1. The Morgan fingerprint density at radius 3 is 3.06 bits per heavy atom. The number of nitrogens with one attached hydrogen (secondary N) is 1. The van der Waals surface area contributed by atoms with E-state index in [1.807, 2.05) is 6.20 Å². The molecule has 6 nitrogen and oxygen atoms in total. The first kappa shape index (κ1) is 20.0. The van der Waals surface area contributed by atoms with Crippen molar-refractivity contribution in [3.63, 3.8) is 0 Å². The molecule has 1 atom stereocenters. The third-order valence-corrected chi connectivity index (χ3v) is 7.91. The van der Waals surface area contributed by atoms with Gasteiger partial charge in [-0.2, -0.15) is 0 Å². The van der Waals surface area contributed by atoms with Crippen molar-refractivity contribution in [1.82, 2.24) is 19.5 Å². The van der Waals surface area contributed by atoms with Gasteiger partial charge in [0.1, 0.15) is 0 Å². The van der Waals surface area contributed by atoms with Crippen LogP contribution in [-0.2, 0) is 24.1 Å². The smallest absolute Gasteiger partial charge is 0.186 e. The van der Waals surface area contributed by atoms with Crippen molar-refractivity contribution in [2.75, 3.05) is 24.7 Å². The molecule has 166 valence electrons. The van der Waals surface area contributed by atoms with Crippen LogP contribution in [0.4, 0.5) is 5.13 Å². The Labute approximate surface area is 192 Å². The number of morpholine rings is 1. The molecule has 0 bridgehead atoms. The second-order valence-electron chi connectivity index (χ2n) is 9.91. The molecule has 7 heteroatoms. The number of hydrogen-bond acceptors (Lipinski definition) is 5. The van der Waals surface area contributed by atoms with Gasteiger partial charge in [0.05, 0.1) is 29.8 Å². The van der Waals surface area contributed by atoms with Crippen LogP contribution in [0.3, 0.4) is 0 Å². The summed E-state index contributed by atoms with van der Waals surface area (Å²) >= 11 is 1.80. The zero-order valence-electron chi connectivity index (χ0n) is 18.9. The van der Waals surface area contributed by atoms with Crippen LogP contribution >= 0.6 is 11.3 Å². The highest BCUT2D eigenvalue weighted by atomic mass is 32.1. The molecular weight excluding hydrogens is 418 g/mol. The van der Waals surface area contributed by atoms with Gasteiger partial charge < -0.3 is 19.2 Å². The molecule has 2 aliphatic heterocycles. The summed E-state index contributed by atoms with van der Waals surface area (Å²) in [6.07, 6.45) is 6.05. The molecule has 5 heterocycles. The molecule has 0 aliphatic carbocycles. The summed E-state index contributed by atoms with van der Waals surface area (Å²) in [5.74, 6) is 1.08. The highest BCUT2D eigenvalue weighted by molar-refractivity contribution is 7.19. The number of para-hydroxylation sites is 1. The number of anilines is 1. The van der Waals surface area contributed by atoms with Gasteiger partial charge in [0, 0.05) is 42.1 Å². The Kier molecular flexibility index (Phi) is 4.66. The summed E-state index contributed by atoms with van der Waals surface area (Å²) < 4.78 is 8.29. The topological polar surface area (TPSA) is 59.0 Å². The normalized spacial score (nSPS) is 20.2. The number of rotatable bonds is 3. The van der Waals surface area contributed by atoms with Crippen molar-refractivity contribution in [3.8, 4) is 10.7 Å². The predicted octanol–water partition coefficient (Wildman–Crippen LogP) is 4.83. The third-order valence-electron chi connectivity index (χ3n) is 6.78. The van der Waals surface area contributed by atoms with Gasteiger partial charge >= 0.3 is 0 Å². The number of hydrogen-bond donors (Lipinski definition) is 1. The summed E-state index contributed by atoms with van der Waals surface area (Å²) in [6, 6.07) is 8.79. The van der Waals surface area contributed by atoms with E-state index in [-0.39, 0.29) is 11.5 Å². The minimum Gasteiger partial charge on any atom is -0.377 e. The molecular formula is C25H29N5OS. The van der Waals surface area contributed by atoms with Gasteiger partial charge in [0.2, 0.25) is 0 Å². The van der Waals surface area contributed by atoms with E-state index in [0.717, 1.165) is 50.1 Å². The van der Waals surface area contributed by atoms with Gasteiger partial charge in [-0.25, -0.2) is 9.97 Å². The maximum Gasteiger partial charge on any atom is 0.186 e. The Hall–Kier alpha value is -2.64. The van der Waals surface area contributed by atoms with E-state index >= 15 is 0 Å². The molecule has 32 heavy (non-hydrogen) atoms. The van der Waals surface area contributed by atoms with E-state index in [0.29, 0.717) is 0 Å². The first-order chi connectivity index (χ1) is 15.5. The molecule has 0 radical (unpaired) electrons. The summed E-state index contributed by atoms with van der Waals surface area (Å²) in [7, 11) is 0. The van der Waals surface area contributed by atoms with Crippen molar-refractivity contribution in [2.24, 2.45) is 5.41 Å². The molecule has 1 aromatic carbocycles. The van der Waals surface area contributed by atoms with Gasteiger partial charge in [0.25, 0.3) is 0 Å². The Bertz CT molecular complexity index is 1280. The van der Waals surface area contributed by atoms with E-state index in [2.05, 4.69) is 65.7 Å². The Morgan fingerprint density at radius 2 is 2.16 bits per heavy atom. The highest BCUT2D eigenvalue weighted by Gasteiger charge is 2.34. The molecule has 1 N–H and O–H groups in total. The largest absolute Gasteiger partial charge is 0.377 e. The zero-order chi connectivity index (χ0) is 21.9. The molecule has 0 saturated carbocycles. The molecule has 0 spiro atoms. The lowest BCUT2D eigenvalue weighted by Crippen LogP contribution is -2.46. The SMILES string of the molecule is Cc1cnc2n1CC(C)(C)Cc1nc(N3CCOC[C@@H]3Cc3c[nH]c4ccccc34)sc1-2. The van der Waals surface area contributed by atoms with Crippen molar-refractivity contribution >= 4 is 27.4 Å². The highest BCUT2D eigenvalue weighted by Crippen LogP contribution is 2.42. The lowest BCUT2D eigenvalue weighted by molar-refractivity contribution is 0.0941. The van der Waals surface area contributed by atoms with Crippen molar-refractivity contribution < 1.29 is 4.74 Å². The molecule has 6 rings (SSSR count). The standard InChI is InChI=1S/C25H29N5OS/c1-16-12-27-23-22-21(11-25(2,3)15-30(16)23)28-24(32-22)29-8-9-31-14-18(29)10-17-13-26-20-7-5-4-6-19(17)20/h4-7,12-13,18,26H,8-11,14-15H2,1-3H3/t18-/m0/s1. The number of nitrogens with zero attached hydrogens (tertiary/aromatic N) is 4. The van der Waals surface area contributed by atoms with Crippen LogP contribution in [0.2, 0.25) is 0 Å². The van der Waals surface area contributed by atoms with Crippen LogP contribution in [0, 0.1) is 12.3 Å². The Morgan fingerprint density at radius 1 is 1.28 bits per heavy atom. The van der Waals surface area contributed by atoms with Gasteiger partial charge in [0.15, 0.2) is 11.0 Å². The van der Waals surface area contributed by atoms with E-state index in [9.17, 15) is 0 Å². The van der Waals surface area contributed by atoms with Crippen molar-refractivity contribution in [2.45, 2.75) is 46.2 Å². The molecule has 2 aliphatic rings. The minimum absolute atomic E-state index is 0.144. The number of fused-ring (bicyclic) bond motifs is 4. The number of aryl methyl sites for hydroxylation is 1. The maximum atomic E-state index is 5.92. The third kappa shape index (κ3) is 3.35. The molecule has 0 unspecified atom stereocenters. The second kappa shape index (κ2) is 7.46. The van der Waals surface area contributed by atoms with Crippen LogP contribution in [-0.4, -0.2) is 45.3 Å². The number of imidazole rings is 1. The number of benzene rings is 1. The molecule has 1 saturated heterocycles. The average molecular weight is 448 g/mol. The van der Waals surface area contributed by atoms with Crippen LogP contribution in [0.1, 0.15) is 30.8 Å². The first-order valence-electron chi connectivity index (χ1n) is 11.4. The fourth-order valence-electron chi connectivity index (χ4n) is 5.17. The number of ether oxygens (including phenoxy) is 1. The first-order valence-corrected chi connectivity index (χ1v) is 12.2. The number of H-pyrrole nitrogens is 1. The second-order valence-corrected chi connectivity index (χ2v) is 10.9. The molecule has 3 aromatic heterocycles. The molecule has 4 aromatic rings. The van der Waals surface area contributed by atoms with E-state index in [1.54, 1.807) is 11.3 Å². The van der Waals surface area contributed by atoms with E-state index in [1.165, 1.54) is 32.7 Å². The number of aromatic nitrogens is 4. The van der Waals surface area contributed by atoms with Crippen molar-refractivity contribution in [1.29, 1.82) is 0 Å². The zero-order valence-corrected chi connectivity index (χ0v) is 19.7. The van der Waals surface area contributed by atoms with Crippen LogP contribution < -0.4 is 4.90 Å².